The highest BCUT2D eigenvalue weighted by Gasteiger charge is 2.28. The number of hydrogen-bond donors (Lipinski definition) is 1. The molecule has 17 heavy (non-hydrogen) atoms. The van der Waals surface area contributed by atoms with E-state index >= 15 is 0 Å². The molecule has 1 aliphatic rings. The molecule has 1 fully saturated rings. The summed E-state index contributed by atoms with van der Waals surface area (Å²) in [6.45, 7) is -0.578. The zero-order valence-electron chi connectivity index (χ0n) is 10.2. The number of hydrogen-bond acceptors (Lipinski definition) is 3. The number of alkyl halides is 3. The van der Waals surface area contributed by atoms with Gasteiger partial charge in [-0.2, -0.15) is 13.2 Å². The highest BCUT2D eigenvalue weighted by Crippen LogP contribution is 2.21. The van der Waals surface area contributed by atoms with E-state index in [2.05, 4.69) is 4.74 Å². The van der Waals surface area contributed by atoms with Crippen LogP contribution in [-0.4, -0.2) is 50.0 Å². The Bertz CT molecular complexity index is 223. The van der Waals surface area contributed by atoms with Crippen LogP contribution in [0.1, 0.15) is 25.7 Å². The average Bonchev–Trinajstić information content (AvgIpc) is 2.23. The van der Waals surface area contributed by atoms with Gasteiger partial charge in [-0.05, 0) is 19.9 Å². The SMILES string of the molecule is CN(CCOCC(F)(F)F)C1CCCCC1N. The molecule has 102 valence electrons. The van der Waals surface area contributed by atoms with E-state index in [9.17, 15) is 13.2 Å². The van der Waals surface area contributed by atoms with Crippen LogP contribution >= 0.6 is 0 Å². The minimum atomic E-state index is -4.24. The zero-order chi connectivity index (χ0) is 12.9. The summed E-state index contributed by atoms with van der Waals surface area (Å²) in [7, 11) is 1.90. The number of likely N-dealkylation sites (N-methyl/N-ethyl adjacent to an activating group) is 1. The fourth-order valence-electron chi connectivity index (χ4n) is 2.25. The number of nitrogens with zero attached hydrogens (tertiary/aromatic N) is 1. The molecule has 0 radical (unpaired) electrons. The summed E-state index contributed by atoms with van der Waals surface area (Å²) in [5.74, 6) is 0. The van der Waals surface area contributed by atoms with Gasteiger partial charge >= 0.3 is 6.18 Å². The summed E-state index contributed by atoms with van der Waals surface area (Å²) in [6.07, 6.45) is 0.0807. The second kappa shape index (κ2) is 6.56. The minimum absolute atomic E-state index is 0.0965. The van der Waals surface area contributed by atoms with Crippen molar-refractivity contribution in [1.82, 2.24) is 4.90 Å². The first kappa shape index (κ1) is 14.7. The largest absolute Gasteiger partial charge is 0.411 e. The van der Waals surface area contributed by atoms with E-state index in [-0.39, 0.29) is 18.7 Å². The van der Waals surface area contributed by atoms with Gasteiger partial charge in [0, 0.05) is 18.6 Å². The molecule has 1 aliphatic carbocycles. The van der Waals surface area contributed by atoms with Crippen molar-refractivity contribution in [3.63, 3.8) is 0 Å². The molecule has 0 aromatic heterocycles. The number of ether oxygens (including phenoxy) is 1. The van der Waals surface area contributed by atoms with E-state index in [1.54, 1.807) is 0 Å². The Morgan fingerprint density at radius 1 is 1.29 bits per heavy atom. The molecule has 0 bridgehead atoms. The van der Waals surface area contributed by atoms with E-state index in [1.807, 2.05) is 11.9 Å². The van der Waals surface area contributed by atoms with E-state index in [1.165, 1.54) is 0 Å². The van der Waals surface area contributed by atoms with Gasteiger partial charge in [-0.25, -0.2) is 0 Å². The van der Waals surface area contributed by atoms with Crippen LogP contribution in [0.3, 0.4) is 0 Å². The Balaban J connectivity index is 2.17. The van der Waals surface area contributed by atoms with Crippen LogP contribution in [0.15, 0.2) is 0 Å². The Morgan fingerprint density at radius 2 is 1.94 bits per heavy atom. The van der Waals surface area contributed by atoms with Crippen molar-refractivity contribution >= 4 is 0 Å². The summed E-state index contributed by atoms with van der Waals surface area (Å²) in [5.41, 5.74) is 5.99. The molecular formula is C11H21F3N2O. The van der Waals surface area contributed by atoms with E-state index in [0.29, 0.717) is 6.54 Å². The summed E-state index contributed by atoms with van der Waals surface area (Å²) in [4.78, 5) is 2.01. The molecule has 6 heteroatoms. The van der Waals surface area contributed by atoms with Crippen LogP contribution in [0.2, 0.25) is 0 Å². The topological polar surface area (TPSA) is 38.5 Å². The molecule has 0 heterocycles. The van der Waals surface area contributed by atoms with Crippen molar-refractivity contribution in [1.29, 1.82) is 0 Å². The van der Waals surface area contributed by atoms with Crippen LogP contribution < -0.4 is 5.73 Å². The van der Waals surface area contributed by atoms with Gasteiger partial charge in [0.1, 0.15) is 6.61 Å². The maximum atomic E-state index is 11.8. The Morgan fingerprint density at radius 3 is 2.53 bits per heavy atom. The van der Waals surface area contributed by atoms with Gasteiger partial charge in [0.05, 0.1) is 6.61 Å². The molecule has 3 nitrogen and oxygen atoms in total. The van der Waals surface area contributed by atoms with Crippen molar-refractivity contribution in [2.75, 3.05) is 26.8 Å². The summed E-state index contributed by atoms with van der Waals surface area (Å²) in [6, 6.07) is 0.412. The average molecular weight is 254 g/mol. The third-order valence-corrected chi connectivity index (χ3v) is 3.20. The molecule has 0 aromatic carbocycles. The normalized spacial score (nSPS) is 26.5. The minimum Gasteiger partial charge on any atom is -0.371 e. The first-order chi connectivity index (χ1) is 7.90. The molecule has 1 saturated carbocycles. The molecule has 1 rings (SSSR count). The van der Waals surface area contributed by atoms with Gasteiger partial charge in [-0.15, -0.1) is 0 Å². The second-order valence-electron chi connectivity index (χ2n) is 4.66. The van der Waals surface area contributed by atoms with Crippen LogP contribution in [0.4, 0.5) is 13.2 Å². The Labute approximate surface area is 100 Å². The molecule has 0 spiro atoms. The lowest BCUT2D eigenvalue weighted by atomic mass is 9.90. The molecule has 2 unspecified atom stereocenters. The molecule has 2 atom stereocenters. The molecule has 0 saturated heterocycles. The number of rotatable bonds is 5. The van der Waals surface area contributed by atoms with Gasteiger partial charge in [-0.3, -0.25) is 4.90 Å². The Hall–Kier alpha value is -0.330. The van der Waals surface area contributed by atoms with Crippen molar-refractivity contribution < 1.29 is 17.9 Å². The van der Waals surface area contributed by atoms with Crippen LogP contribution in [0, 0.1) is 0 Å². The van der Waals surface area contributed by atoms with Crippen molar-refractivity contribution in [3.8, 4) is 0 Å². The van der Waals surface area contributed by atoms with E-state index in [0.717, 1.165) is 25.7 Å². The van der Waals surface area contributed by atoms with Crippen molar-refractivity contribution in [3.05, 3.63) is 0 Å². The summed E-state index contributed by atoms with van der Waals surface area (Å²) >= 11 is 0. The molecule has 0 amide bonds. The first-order valence-corrected chi connectivity index (χ1v) is 6.00. The van der Waals surface area contributed by atoms with E-state index in [4.69, 9.17) is 5.73 Å². The van der Waals surface area contributed by atoms with Gasteiger partial charge in [0.2, 0.25) is 0 Å². The fraction of sp³-hybridized carbons (Fsp3) is 1.00. The maximum Gasteiger partial charge on any atom is 0.411 e. The van der Waals surface area contributed by atoms with E-state index < -0.39 is 12.8 Å². The lowest BCUT2D eigenvalue weighted by Crippen LogP contribution is -2.48. The third-order valence-electron chi connectivity index (χ3n) is 3.20. The molecule has 0 aromatic rings. The van der Waals surface area contributed by atoms with Gasteiger partial charge in [-0.1, -0.05) is 12.8 Å². The first-order valence-electron chi connectivity index (χ1n) is 6.00. The predicted molar refractivity (Wildman–Crippen MR) is 59.7 cm³/mol. The summed E-state index contributed by atoms with van der Waals surface area (Å²) in [5, 5.41) is 0. The van der Waals surface area contributed by atoms with Crippen LogP contribution in [0.5, 0.6) is 0 Å². The van der Waals surface area contributed by atoms with Gasteiger partial charge in [0.15, 0.2) is 0 Å². The lowest BCUT2D eigenvalue weighted by Gasteiger charge is -2.35. The molecule has 2 N–H and O–H groups in total. The molecular weight excluding hydrogens is 233 g/mol. The predicted octanol–water partition coefficient (Wildman–Crippen LogP) is 1.77. The van der Waals surface area contributed by atoms with Crippen LogP contribution in [-0.2, 0) is 4.74 Å². The Kier molecular flexibility index (Phi) is 5.69. The van der Waals surface area contributed by atoms with Crippen molar-refractivity contribution in [2.45, 2.75) is 43.9 Å². The highest BCUT2D eigenvalue weighted by atomic mass is 19.4. The van der Waals surface area contributed by atoms with Gasteiger partial charge < -0.3 is 10.5 Å². The maximum absolute atomic E-state index is 11.8. The highest BCUT2D eigenvalue weighted by molar-refractivity contribution is 4.84. The third kappa shape index (κ3) is 5.70. The smallest absolute Gasteiger partial charge is 0.371 e. The molecule has 0 aliphatic heterocycles. The quantitative estimate of drug-likeness (QED) is 0.760. The van der Waals surface area contributed by atoms with Crippen molar-refractivity contribution in [2.24, 2.45) is 5.73 Å². The van der Waals surface area contributed by atoms with Gasteiger partial charge in [0.25, 0.3) is 0 Å². The monoisotopic (exact) mass is 254 g/mol. The fourth-order valence-corrected chi connectivity index (χ4v) is 2.25. The second-order valence-corrected chi connectivity index (χ2v) is 4.66. The zero-order valence-corrected chi connectivity index (χ0v) is 10.2. The van der Waals surface area contributed by atoms with Crippen LogP contribution in [0.25, 0.3) is 0 Å². The standard InChI is InChI=1S/C11H21F3N2O/c1-16(6-7-17-8-11(12,13)14)10-5-3-2-4-9(10)15/h9-10H,2-8,15H2,1H3. The number of nitrogens with two attached hydrogens (primary N) is 1. The number of halogens is 3. The summed E-state index contributed by atoms with van der Waals surface area (Å²) < 4.78 is 40.1. The lowest BCUT2D eigenvalue weighted by molar-refractivity contribution is -0.174.